The Labute approximate surface area is 203 Å². The van der Waals surface area contributed by atoms with Gasteiger partial charge in [0, 0.05) is 42.1 Å². The highest BCUT2D eigenvalue weighted by molar-refractivity contribution is 5.82. The zero-order valence-corrected chi connectivity index (χ0v) is 21.6. The predicted molar refractivity (Wildman–Crippen MR) is 142 cm³/mol. The Balaban J connectivity index is 1.86. The normalized spacial score (nSPS) is 20.5. The second-order valence-corrected chi connectivity index (χ2v) is 9.32. The van der Waals surface area contributed by atoms with Crippen LogP contribution in [0.3, 0.4) is 0 Å². The smallest absolute Gasteiger partial charge is 0.178 e. The molecular weight excluding hydrogens is 424 g/mol. The first-order chi connectivity index (χ1) is 16.2. The summed E-state index contributed by atoms with van der Waals surface area (Å²) in [6, 6.07) is 6.97. The molecule has 2 atom stereocenters. The molecule has 0 aliphatic carbocycles. The number of fused-ring (bicyclic) bond motifs is 1. The van der Waals surface area contributed by atoms with E-state index in [0.29, 0.717) is 6.04 Å². The van der Waals surface area contributed by atoms with Crippen LogP contribution in [0.5, 0.6) is 0 Å². The lowest BCUT2D eigenvalue weighted by Gasteiger charge is -2.36. The number of rotatable bonds is 6. The van der Waals surface area contributed by atoms with Crippen molar-refractivity contribution in [3.05, 3.63) is 47.8 Å². The molecule has 0 amide bonds. The quantitative estimate of drug-likeness (QED) is 0.546. The summed E-state index contributed by atoms with van der Waals surface area (Å²) in [6.45, 7) is 21.1. The van der Waals surface area contributed by atoms with Crippen LogP contribution in [-0.2, 0) is 0 Å². The highest BCUT2D eigenvalue weighted by Crippen LogP contribution is 2.46. The fourth-order valence-corrected chi connectivity index (χ4v) is 5.37. The van der Waals surface area contributed by atoms with E-state index in [2.05, 4.69) is 108 Å². The van der Waals surface area contributed by atoms with Gasteiger partial charge in [-0.3, -0.25) is 0 Å². The zero-order chi connectivity index (χ0) is 24.7. The van der Waals surface area contributed by atoms with Gasteiger partial charge in [0.1, 0.15) is 12.3 Å². The molecule has 4 rings (SSSR count). The summed E-state index contributed by atoms with van der Waals surface area (Å²) in [5, 5.41) is 0. The maximum Gasteiger partial charge on any atom is 0.178 e. The molecule has 8 nitrogen and oxygen atoms in total. The van der Waals surface area contributed by atoms with Crippen molar-refractivity contribution in [2.75, 3.05) is 14.7 Å². The lowest BCUT2D eigenvalue weighted by atomic mass is 10.1. The van der Waals surface area contributed by atoms with Gasteiger partial charge in [0.05, 0.1) is 0 Å². The third-order valence-electron chi connectivity index (χ3n) is 6.67. The van der Waals surface area contributed by atoms with E-state index in [4.69, 9.17) is 4.98 Å². The van der Waals surface area contributed by atoms with Crippen LogP contribution in [0.15, 0.2) is 52.2 Å². The van der Waals surface area contributed by atoms with E-state index in [-0.39, 0.29) is 18.4 Å². The molecule has 2 aliphatic rings. The number of hydrogen-bond acceptors (Lipinski definition) is 8. The van der Waals surface area contributed by atoms with Crippen molar-refractivity contribution in [2.45, 2.75) is 79.8 Å². The molecule has 0 saturated heterocycles. The molecule has 0 N–H and O–H groups in total. The lowest BCUT2D eigenvalue weighted by molar-refractivity contribution is 0.240. The van der Waals surface area contributed by atoms with Crippen molar-refractivity contribution in [1.29, 1.82) is 0 Å². The topological polar surface area (TPSA) is 63.5 Å². The molecule has 0 fully saturated rings. The van der Waals surface area contributed by atoms with E-state index >= 15 is 0 Å². The summed E-state index contributed by atoms with van der Waals surface area (Å²) in [7, 11) is 0. The second kappa shape index (κ2) is 9.08. The van der Waals surface area contributed by atoms with Crippen LogP contribution in [-0.4, -0.2) is 52.2 Å². The van der Waals surface area contributed by atoms with Crippen LogP contribution in [0, 0.1) is 6.92 Å². The van der Waals surface area contributed by atoms with E-state index in [9.17, 15) is 0 Å². The van der Waals surface area contributed by atoms with Crippen LogP contribution < -0.4 is 14.7 Å². The van der Waals surface area contributed by atoms with Crippen molar-refractivity contribution in [1.82, 2.24) is 14.9 Å². The van der Waals surface area contributed by atoms with E-state index < -0.39 is 0 Å². The highest BCUT2D eigenvalue weighted by Gasteiger charge is 2.41. The van der Waals surface area contributed by atoms with E-state index in [1.165, 1.54) is 0 Å². The van der Waals surface area contributed by atoms with Crippen molar-refractivity contribution < 1.29 is 0 Å². The molecule has 3 heterocycles. The fraction of sp³-hybridized carbons (Fsp3) is 0.462. The number of hydrogen-bond donors (Lipinski definition) is 0. The summed E-state index contributed by atoms with van der Waals surface area (Å²) >= 11 is 0. The third-order valence-corrected chi connectivity index (χ3v) is 6.67. The maximum atomic E-state index is 4.73. The SMILES string of the molecule is C=NC1=C(/N=C\C)N(C(C)C)[C@@H](C)N1c1cccc(N2c3nccnc3N(C(C)C)[C@@H]2C)c1C. The number of aromatic nitrogens is 2. The van der Waals surface area contributed by atoms with Gasteiger partial charge in [-0.25, -0.2) is 20.0 Å². The van der Waals surface area contributed by atoms with Crippen molar-refractivity contribution >= 4 is 35.9 Å². The molecular formula is C26H36N8. The summed E-state index contributed by atoms with van der Waals surface area (Å²) < 4.78 is 0. The summed E-state index contributed by atoms with van der Waals surface area (Å²) in [5.74, 6) is 3.43. The Morgan fingerprint density at radius 3 is 2.00 bits per heavy atom. The number of anilines is 4. The summed E-state index contributed by atoms with van der Waals surface area (Å²) in [6.07, 6.45) is 5.48. The van der Waals surface area contributed by atoms with Gasteiger partial charge in [0.2, 0.25) is 0 Å². The van der Waals surface area contributed by atoms with Gasteiger partial charge < -0.3 is 19.6 Å². The summed E-state index contributed by atoms with van der Waals surface area (Å²) in [4.78, 5) is 27.7. The Morgan fingerprint density at radius 2 is 1.44 bits per heavy atom. The molecule has 1 aromatic heterocycles. The molecule has 1 aromatic carbocycles. The Morgan fingerprint density at radius 1 is 0.882 bits per heavy atom. The van der Waals surface area contributed by atoms with E-state index in [1.54, 1.807) is 12.4 Å². The van der Waals surface area contributed by atoms with Crippen LogP contribution in [0.25, 0.3) is 0 Å². The standard InChI is InChI=1S/C26H36N8/c1-10-28-24-23(27-9)33(19(7)31(24)16(2)3)21-12-11-13-22(18(21)6)34-20(8)32(17(4)5)25-26(34)30-15-14-29-25/h10-17,19-20H,9H2,1-8H3/b28-10-/t19-,20+/m1/s1. The minimum absolute atomic E-state index is 0.0448. The van der Waals surface area contributed by atoms with Gasteiger partial charge in [0.25, 0.3) is 0 Å². The summed E-state index contributed by atoms with van der Waals surface area (Å²) in [5.41, 5.74) is 3.34. The van der Waals surface area contributed by atoms with Crippen molar-refractivity contribution in [3.63, 3.8) is 0 Å². The second-order valence-electron chi connectivity index (χ2n) is 9.32. The molecule has 8 heteroatoms. The van der Waals surface area contributed by atoms with Gasteiger partial charge >= 0.3 is 0 Å². The number of nitrogens with zero attached hydrogens (tertiary/aromatic N) is 8. The average Bonchev–Trinajstić information content (AvgIpc) is 3.24. The average molecular weight is 461 g/mol. The fourth-order valence-electron chi connectivity index (χ4n) is 5.37. The molecule has 2 aliphatic heterocycles. The molecule has 180 valence electrons. The Kier molecular flexibility index (Phi) is 6.34. The zero-order valence-electron chi connectivity index (χ0n) is 21.6. The Bertz CT molecular complexity index is 1140. The van der Waals surface area contributed by atoms with Crippen molar-refractivity contribution in [2.24, 2.45) is 9.98 Å². The van der Waals surface area contributed by atoms with Gasteiger partial charge in [-0.05, 0) is 79.8 Å². The first-order valence-electron chi connectivity index (χ1n) is 12.0. The number of aliphatic imine (C=N–C) groups is 2. The van der Waals surface area contributed by atoms with Crippen LogP contribution in [0.2, 0.25) is 0 Å². The molecule has 2 aromatic rings. The van der Waals surface area contributed by atoms with E-state index in [1.807, 2.05) is 13.1 Å². The minimum Gasteiger partial charge on any atom is -0.330 e. The molecule has 0 radical (unpaired) electrons. The van der Waals surface area contributed by atoms with Crippen LogP contribution in [0.1, 0.15) is 54.0 Å². The lowest BCUT2D eigenvalue weighted by Crippen LogP contribution is -2.43. The van der Waals surface area contributed by atoms with E-state index in [0.717, 1.165) is 40.2 Å². The molecule has 34 heavy (non-hydrogen) atoms. The van der Waals surface area contributed by atoms with Gasteiger partial charge in [-0.1, -0.05) is 6.07 Å². The van der Waals surface area contributed by atoms with Gasteiger partial charge in [-0.15, -0.1) is 0 Å². The molecule has 0 saturated carbocycles. The number of benzene rings is 1. The van der Waals surface area contributed by atoms with Crippen LogP contribution >= 0.6 is 0 Å². The van der Waals surface area contributed by atoms with Crippen LogP contribution in [0.4, 0.5) is 23.0 Å². The predicted octanol–water partition coefficient (Wildman–Crippen LogP) is 5.29. The molecule has 0 unspecified atom stereocenters. The Hall–Kier alpha value is -3.42. The first kappa shape index (κ1) is 23.7. The molecule has 0 spiro atoms. The maximum absolute atomic E-state index is 4.73. The highest BCUT2D eigenvalue weighted by atomic mass is 15.5. The van der Waals surface area contributed by atoms with Gasteiger partial charge in [-0.2, -0.15) is 0 Å². The first-order valence-corrected chi connectivity index (χ1v) is 12.0. The third kappa shape index (κ3) is 3.52. The largest absolute Gasteiger partial charge is 0.330 e. The van der Waals surface area contributed by atoms with Gasteiger partial charge in [0.15, 0.2) is 23.3 Å². The van der Waals surface area contributed by atoms with Crippen molar-refractivity contribution in [3.8, 4) is 0 Å². The monoisotopic (exact) mass is 460 g/mol. The minimum atomic E-state index is 0.0448. The molecule has 0 bridgehead atoms.